The highest BCUT2D eigenvalue weighted by atomic mass is 16.2. The first kappa shape index (κ1) is 13.5. The minimum atomic E-state index is -0.259. The Hall–Kier alpha value is -0.570. The highest BCUT2D eigenvalue weighted by Gasteiger charge is 2.38. The van der Waals surface area contributed by atoms with Crippen LogP contribution >= 0.6 is 0 Å². The molecule has 0 spiro atoms. The summed E-state index contributed by atoms with van der Waals surface area (Å²) in [4.78, 5) is 12.1. The number of hydrogen-bond acceptors (Lipinski definition) is 2. The second-order valence-electron chi connectivity index (χ2n) is 4.78. The van der Waals surface area contributed by atoms with Gasteiger partial charge in [-0.15, -0.1) is 0 Å². The molecule has 0 radical (unpaired) electrons. The number of carbonyl (C=O) groups excluding carboxylic acids is 1. The molecule has 16 heavy (non-hydrogen) atoms. The third-order valence-corrected chi connectivity index (χ3v) is 3.60. The largest absolute Gasteiger partial charge is 0.354 e. The number of rotatable bonds is 7. The normalized spacial score (nSPS) is 24.6. The van der Waals surface area contributed by atoms with Crippen LogP contribution in [-0.4, -0.2) is 24.5 Å². The summed E-state index contributed by atoms with van der Waals surface area (Å²) in [5.74, 6) is 0.212. The van der Waals surface area contributed by atoms with E-state index in [1.54, 1.807) is 0 Å². The van der Waals surface area contributed by atoms with Crippen LogP contribution in [0.3, 0.4) is 0 Å². The van der Waals surface area contributed by atoms with Crippen molar-refractivity contribution in [2.24, 2.45) is 0 Å². The van der Waals surface area contributed by atoms with E-state index in [0.29, 0.717) is 0 Å². The molecule has 1 rings (SSSR count). The van der Waals surface area contributed by atoms with Crippen molar-refractivity contribution in [3.63, 3.8) is 0 Å². The summed E-state index contributed by atoms with van der Waals surface area (Å²) >= 11 is 0. The van der Waals surface area contributed by atoms with Gasteiger partial charge in [0.25, 0.3) is 0 Å². The molecule has 1 amide bonds. The maximum absolute atomic E-state index is 12.1. The SMILES string of the molecule is CCCCCCNC(=O)C1(CC)CCCN1. The smallest absolute Gasteiger partial charge is 0.240 e. The predicted molar refractivity (Wildman–Crippen MR) is 67.4 cm³/mol. The van der Waals surface area contributed by atoms with Gasteiger partial charge in [-0.3, -0.25) is 4.79 Å². The zero-order valence-corrected chi connectivity index (χ0v) is 10.8. The van der Waals surface area contributed by atoms with E-state index in [4.69, 9.17) is 0 Å². The first-order chi connectivity index (χ1) is 7.75. The van der Waals surface area contributed by atoms with Crippen LogP contribution in [0.25, 0.3) is 0 Å². The molecular formula is C13H26N2O. The standard InChI is InChI=1S/C13H26N2O/c1-3-5-6-7-10-14-12(16)13(4-2)9-8-11-15-13/h15H,3-11H2,1-2H3,(H,14,16). The van der Waals surface area contributed by atoms with Gasteiger partial charge < -0.3 is 10.6 Å². The van der Waals surface area contributed by atoms with Crippen LogP contribution in [0.1, 0.15) is 58.8 Å². The van der Waals surface area contributed by atoms with Crippen molar-refractivity contribution in [3.05, 3.63) is 0 Å². The molecule has 3 nitrogen and oxygen atoms in total. The molecular weight excluding hydrogens is 200 g/mol. The van der Waals surface area contributed by atoms with Gasteiger partial charge in [-0.1, -0.05) is 33.1 Å². The fraction of sp³-hybridized carbons (Fsp3) is 0.923. The van der Waals surface area contributed by atoms with E-state index >= 15 is 0 Å². The maximum atomic E-state index is 12.1. The Morgan fingerprint density at radius 2 is 2.12 bits per heavy atom. The van der Waals surface area contributed by atoms with Crippen molar-refractivity contribution in [3.8, 4) is 0 Å². The van der Waals surface area contributed by atoms with Crippen LogP contribution in [0.4, 0.5) is 0 Å². The van der Waals surface area contributed by atoms with Crippen LogP contribution in [0.15, 0.2) is 0 Å². The van der Waals surface area contributed by atoms with Crippen molar-refractivity contribution in [1.29, 1.82) is 0 Å². The molecule has 0 aromatic rings. The molecule has 1 aliphatic rings. The average Bonchev–Trinajstić information content (AvgIpc) is 2.78. The lowest BCUT2D eigenvalue weighted by Gasteiger charge is -2.26. The Bertz CT molecular complexity index is 210. The van der Waals surface area contributed by atoms with E-state index in [-0.39, 0.29) is 11.4 Å². The maximum Gasteiger partial charge on any atom is 0.240 e. The quantitative estimate of drug-likeness (QED) is 0.654. The molecule has 1 aliphatic heterocycles. The van der Waals surface area contributed by atoms with Crippen molar-refractivity contribution in [1.82, 2.24) is 10.6 Å². The molecule has 1 saturated heterocycles. The molecule has 0 aromatic heterocycles. The number of hydrogen-bond donors (Lipinski definition) is 2. The summed E-state index contributed by atoms with van der Waals surface area (Å²) in [6.45, 7) is 6.11. The topological polar surface area (TPSA) is 41.1 Å². The second kappa shape index (κ2) is 6.89. The molecule has 0 aliphatic carbocycles. The predicted octanol–water partition coefficient (Wildman–Crippen LogP) is 2.22. The summed E-state index contributed by atoms with van der Waals surface area (Å²) in [6.07, 6.45) is 7.86. The van der Waals surface area contributed by atoms with Gasteiger partial charge in [-0.25, -0.2) is 0 Å². The monoisotopic (exact) mass is 226 g/mol. The summed E-state index contributed by atoms with van der Waals surface area (Å²) in [5.41, 5.74) is -0.259. The summed E-state index contributed by atoms with van der Waals surface area (Å²) in [6, 6.07) is 0. The van der Waals surface area contributed by atoms with E-state index in [2.05, 4.69) is 24.5 Å². The summed E-state index contributed by atoms with van der Waals surface area (Å²) in [5, 5.41) is 6.43. The Labute approximate surface area is 99.4 Å². The van der Waals surface area contributed by atoms with E-state index in [1.807, 2.05) is 0 Å². The Kier molecular flexibility index (Phi) is 5.81. The lowest BCUT2D eigenvalue weighted by molar-refractivity contribution is -0.127. The van der Waals surface area contributed by atoms with Crippen LogP contribution in [0, 0.1) is 0 Å². The van der Waals surface area contributed by atoms with Crippen molar-refractivity contribution >= 4 is 5.91 Å². The number of amides is 1. The third-order valence-electron chi connectivity index (χ3n) is 3.60. The zero-order valence-electron chi connectivity index (χ0n) is 10.8. The number of nitrogens with one attached hydrogen (secondary N) is 2. The average molecular weight is 226 g/mol. The summed E-state index contributed by atoms with van der Waals surface area (Å²) in [7, 11) is 0. The zero-order chi connectivity index (χ0) is 11.9. The molecule has 94 valence electrons. The minimum absolute atomic E-state index is 0.212. The highest BCUT2D eigenvalue weighted by Crippen LogP contribution is 2.22. The van der Waals surface area contributed by atoms with Gasteiger partial charge in [0.15, 0.2) is 0 Å². The highest BCUT2D eigenvalue weighted by molar-refractivity contribution is 5.86. The molecule has 0 bridgehead atoms. The van der Waals surface area contributed by atoms with Gasteiger partial charge >= 0.3 is 0 Å². The molecule has 3 heteroatoms. The fourth-order valence-electron chi connectivity index (χ4n) is 2.39. The van der Waals surface area contributed by atoms with Crippen molar-refractivity contribution in [2.75, 3.05) is 13.1 Å². The molecule has 1 heterocycles. The van der Waals surface area contributed by atoms with Gasteiger partial charge in [0.1, 0.15) is 0 Å². The number of carbonyl (C=O) groups is 1. The molecule has 1 atom stereocenters. The lowest BCUT2D eigenvalue weighted by Crippen LogP contribution is -2.53. The van der Waals surface area contributed by atoms with Crippen LogP contribution < -0.4 is 10.6 Å². The third kappa shape index (κ3) is 3.48. The molecule has 0 saturated carbocycles. The molecule has 2 N–H and O–H groups in total. The van der Waals surface area contributed by atoms with Crippen LogP contribution in [0.2, 0.25) is 0 Å². The molecule has 0 aromatic carbocycles. The van der Waals surface area contributed by atoms with Gasteiger partial charge in [-0.05, 0) is 32.2 Å². The van der Waals surface area contributed by atoms with Gasteiger partial charge in [0.2, 0.25) is 5.91 Å². The minimum Gasteiger partial charge on any atom is -0.354 e. The van der Waals surface area contributed by atoms with Crippen molar-refractivity contribution in [2.45, 2.75) is 64.3 Å². The lowest BCUT2D eigenvalue weighted by atomic mass is 9.93. The Balaban J connectivity index is 2.22. The first-order valence-electron chi connectivity index (χ1n) is 6.78. The fourth-order valence-corrected chi connectivity index (χ4v) is 2.39. The Morgan fingerprint density at radius 1 is 1.31 bits per heavy atom. The van der Waals surface area contributed by atoms with Gasteiger partial charge in [-0.2, -0.15) is 0 Å². The van der Waals surface area contributed by atoms with E-state index < -0.39 is 0 Å². The summed E-state index contributed by atoms with van der Waals surface area (Å²) < 4.78 is 0. The van der Waals surface area contributed by atoms with E-state index in [0.717, 1.165) is 38.8 Å². The molecule has 1 unspecified atom stereocenters. The Morgan fingerprint density at radius 3 is 2.69 bits per heavy atom. The first-order valence-corrected chi connectivity index (χ1v) is 6.78. The van der Waals surface area contributed by atoms with E-state index in [1.165, 1.54) is 19.3 Å². The second-order valence-corrected chi connectivity index (χ2v) is 4.78. The van der Waals surface area contributed by atoms with E-state index in [9.17, 15) is 4.79 Å². The van der Waals surface area contributed by atoms with Crippen LogP contribution in [-0.2, 0) is 4.79 Å². The van der Waals surface area contributed by atoms with Gasteiger partial charge in [0.05, 0.1) is 5.54 Å². The van der Waals surface area contributed by atoms with Crippen LogP contribution in [0.5, 0.6) is 0 Å². The molecule has 1 fully saturated rings. The van der Waals surface area contributed by atoms with Crippen molar-refractivity contribution < 1.29 is 4.79 Å². The van der Waals surface area contributed by atoms with Gasteiger partial charge in [0, 0.05) is 6.54 Å². The number of unbranched alkanes of at least 4 members (excludes halogenated alkanes) is 3.